The maximum absolute atomic E-state index is 9.56. The van der Waals surface area contributed by atoms with Crippen molar-refractivity contribution in [1.82, 2.24) is 9.97 Å². The second-order valence-electron chi connectivity index (χ2n) is 10.6. The molecule has 4 heteroatoms. The van der Waals surface area contributed by atoms with Gasteiger partial charge in [-0.25, -0.2) is 0 Å². The quantitative estimate of drug-likeness (QED) is 0.222. The van der Waals surface area contributed by atoms with Crippen molar-refractivity contribution in [1.29, 1.82) is 10.5 Å². The number of fused-ring (bicyclic) bond motifs is 6. The lowest BCUT2D eigenvalue weighted by atomic mass is 9.69. The van der Waals surface area contributed by atoms with Gasteiger partial charge >= 0.3 is 0 Å². The molecule has 2 aromatic carbocycles. The lowest BCUT2D eigenvalue weighted by Gasteiger charge is -2.34. The number of pyridine rings is 2. The largest absolute Gasteiger partial charge is 0.256 e. The van der Waals surface area contributed by atoms with Gasteiger partial charge in [-0.2, -0.15) is 10.5 Å². The molecule has 0 radical (unpaired) electrons. The van der Waals surface area contributed by atoms with Gasteiger partial charge in [0, 0.05) is 47.2 Å². The average molecular weight is 495 g/mol. The van der Waals surface area contributed by atoms with Crippen LogP contribution in [0, 0.1) is 22.7 Å². The van der Waals surface area contributed by atoms with E-state index in [4.69, 9.17) is 9.97 Å². The Kier molecular flexibility index (Phi) is 6.26. The first kappa shape index (κ1) is 24.1. The van der Waals surface area contributed by atoms with Crippen molar-refractivity contribution in [3.8, 4) is 34.7 Å². The van der Waals surface area contributed by atoms with Crippen LogP contribution >= 0.6 is 0 Å². The van der Waals surface area contributed by atoms with Crippen LogP contribution < -0.4 is 0 Å². The summed E-state index contributed by atoms with van der Waals surface area (Å²) in [5.74, 6) is 0. The molecule has 2 atom stereocenters. The van der Waals surface area contributed by atoms with Gasteiger partial charge in [0.1, 0.15) is 0 Å². The maximum atomic E-state index is 9.56. The minimum Gasteiger partial charge on any atom is -0.256 e. The molecule has 0 saturated heterocycles. The molecule has 2 aliphatic carbocycles. The monoisotopic (exact) mass is 494 g/mol. The summed E-state index contributed by atoms with van der Waals surface area (Å²) >= 11 is 0. The van der Waals surface area contributed by atoms with E-state index in [1.54, 1.807) is 0 Å². The third kappa shape index (κ3) is 3.64. The van der Waals surface area contributed by atoms with E-state index >= 15 is 0 Å². The predicted molar refractivity (Wildman–Crippen MR) is 149 cm³/mol. The van der Waals surface area contributed by atoms with Gasteiger partial charge in [0.05, 0.1) is 23.5 Å². The highest BCUT2D eigenvalue weighted by Gasteiger charge is 2.45. The molecule has 0 spiro atoms. The zero-order valence-electron chi connectivity index (χ0n) is 21.5. The second kappa shape index (κ2) is 9.88. The van der Waals surface area contributed by atoms with Crippen LogP contribution in [0.2, 0.25) is 0 Å². The minimum atomic E-state index is -0.192. The van der Waals surface area contributed by atoms with E-state index in [0.29, 0.717) is 12.8 Å². The van der Waals surface area contributed by atoms with Crippen molar-refractivity contribution in [2.45, 2.75) is 62.2 Å². The smallest absolute Gasteiger partial charge is 0.0746 e. The summed E-state index contributed by atoms with van der Waals surface area (Å²) in [4.78, 5) is 9.54. The molecule has 2 aliphatic rings. The zero-order valence-corrected chi connectivity index (χ0v) is 21.5. The average Bonchev–Trinajstić information content (AvgIpc) is 3.42. The first-order valence-electron chi connectivity index (χ1n) is 13.6. The molecule has 38 heavy (non-hydrogen) atoms. The van der Waals surface area contributed by atoms with E-state index in [9.17, 15) is 10.5 Å². The number of nitriles is 2. The molecule has 0 N–H and O–H groups in total. The van der Waals surface area contributed by atoms with Crippen LogP contribution in [-0.2, 0) is 10.8 Å². The summed E-state index contributed by atoms with van der Waals surface area (Å²) in [6.07, 6.45) is 10.4. The summed E-state index contributed by atoms with van der Waals surface area (Å²) in [5, 5.41) is 19.1. The molecule has 6 rings (SSSR count). The van der Waals surface area contributed by atoms with Gasteiger partial charge in [0.15, 0.2) is 0 Å². The van der Waals surface area contributed by atoms with Crippen molar-refractivity contribution in [2.24, 2.45) is 0 Å². The summed E-state index contributed by atoms with van der Waals surface area (Å²) in [6, 6.07) is 30.5. The molecule has 0 fully saturated rings. The molecule has 0 saturated carbocycles. The molecule has 2 heterocycles. The van der Waals surface area contributed by atoms with Crippen LogP contribution in [0.3, 0.4) is 0 Å². The lowest BCUT2D eigenvalue weighted by Crippen LogP contribution is -2.27. The molecule has 4 nitrogen and oxygen atoms in total. The van der Waals surface area contributed by atoms with E-state index in [0.717, 1.165) is 49.9 Å². The van der Waals surface area contributed by atoms with Crippen LogP contribution in [0.4, 0.5) is 0 Å². The molecular formula is C34H30N4. The van der Waals surface area contributed by atoms with Crippen molar-refractivity contribution in [2.75, 3.05) is 0 Å². The maximum Gasteiger partial charge on any atom is 0.0746 e. The summed E-state index contributed by atoms with van der Waals surface area (Å²) in [6.45, 7) is 0. The topological polar surface area (TPSA) is 73.4 Å². The van der Waals surface area contributed by atoms with Crippen LogP contribution in [0.25, 0.3) is 22.5 Å². The van der Waals surface area contributed by atoms with E-state index in [-0.39, 0.29) is 10.8 Å². The van der Waals surface area contributed by atoms with Gasteiger partial charge in [-0.15, -0.1) is 0 Å². The molecule has 186 valence electrons. The van der Waals surface area contributed by atoms with Gasteiger partial charge in [-0.1, -0.05) is 73.5 Å². The predicted octanol–water partition coefficient (Wildman–Crippen LogP) is 7.88. The normalized spacial score (nSPS) is 20.1. The Hall–Kier alpha value is -4.28. The molecule has 0 aliphatic heterocycles. The first-order valence-corrected chi connectivity index (χ1v) is 13.6. The van der Waals surface area contributed by atoms with Gasteiger partial charge in [-0.3, -0.25) is 9.97 Å². The minimum absolute atomic E-state index is 0.192. The van der Waals surface area contributed by atoms with Crippen molar-refractivity contribution in [3.05, 3.63) is 107 Å². The van der Waals surface area contributed by atoms with Crippen LogP contribution in [0.1, 0.15) is 73.6 Å². The van der Waals surface area contributed by atoms with Crippen molar-refractivity contribution >= 4 is 0 Å². The number of aromatic nitrogens is 2. The van der Waals surface area contributed by atoms with Crippen LogP contribution in [0.15, 0.2) is 85.2 Å². The SMILES string of the molecule is N#CCCC1(CCCCC2(CCC#N)c3ccccc3-c3ncccc32)c2ccccc2-c2ncccc21. The number of hydrogen-bond donors (Lipinski definition) is 0. The Balaban J connectivity index is 1.32. The molecule has 2 aromatic heterocycles. The Morgan fingerprint density at radius 3 is 1.39 bits per heavy atom. The van der Waals surface area contributed by atoms with E-state index < -0.39 is 0 Å². The van der Waals surface area contributed by atoms with Gasteiger partial charge < -0.3 is 0 Å². The molecular weight excluding hydrogens is 464 g/mol. The third-order valence-corrected chi connectivity index (χ3v) is 8.83. The number of benzene rings is 2. The van der Waals surface area contributed by atoms with Gasteiger partial charge in [-0.05, 0) is 60.1 Å². The molecule has 4 aromatic rings. The van der Waals surface area contributed by atoms with E-state index in [1.807, 2.05) is 24.5 Å². The van der Waals surface area contributed by atoms with E-state index in [1.165, 1.54) is 33.4 Å². The standard InChI is InChI=1S/C34H30N4/c35-21-9-19-33(27-13-3-1-11-25(27)31-29(33)15-7-23-37-31)17-5-6-18-34(20-10-22-36)28-14-4-2-12-26(28)32-30(34)16-8-24-38-32/h1-4,7-8,11-16,23-24H,5-6,9-10,17-20H2. The summed E-state index contributed by atoms with van der Waals surface area (Å²) in [5.41, 5.74) is 9.30. The summed E-state index contributed by atoms with van der Waals surface area (Å²) in [7, 11) is 0. The highest BCUT2D eigenvalue weighted by Crippen LogP contribution is 2.55. The number of rotatable bonds is 9. The lowest BCUT2D eigenvalue weighted by molar-refractivity contribution is 0.386. The summed E-state index contributed by atoms with van der Waals surface area (Å²) < 4.78 is 0. The van der Waals surface area contributed by atoms with Crippen LogP contribution in [-0.4, -0.2) is 9.97 Å². The number of unbranched alkanes of at least 4 members (excludes halogenated alkanes) is 1. The Morgan fingerprint density at radius 2 is 0.947 bits per heavy atom. The molecule has 0 bridgehead atoms. The third-order valence-electron chi connectivity index (χ3n) is 8.83. The molecule has 2 unspecified atom stereocenters. The second-order valence-corrected chi connectivity index (χ2v) is 10.6. The van der Waals surface area contributed by atoms with Crippen molar-refractivity contribution in [3.63, 3.8) is 0 Å². The highest BCUT2D eigenvalue weighted by molar-refractivity contribution is 5.79. The van der Waals surface area contributed by atoms with Crippen LogP contribution in [0.5, 0.6) is 0 Å². The highest BCUT2D eigenvalue weighted by atomic mass is 14.7. The zero-order chi connectivity index (χ0) is 26.0. The fraction of sp³-hybridized carbons (Fsp3) is 0.294. The fourth-order valence-corrected chi connectivity index (χ4v) is 7.24. The van der Waals surface area contributed by atoms with Crippen molar-refractivity contribution < 1.29 is 0 Å². The Morgan fingerprint density at radius 1 is 0.526 bits per heavy atom. The van der Waals surface area contributed by atoms with Gasteiger partial charge in [0.25, 0.3) is 0 Å². The number of nitrogens with zero attached hydrogens (tertiary/aromatic N) is 4. The van der Waals surface area contributed by atoms with E-state index in [2.05, 4.69) is 72.8 Å². The molecule has 0 amide bonds. The fourth-order valence-electron chi connectivity index (χ4n) is 7.24. The first-order chi connectivity index (χ1) is 18.7. The Labute approximate surface area is 224 Å². The van der Waals surface area contributed by atoms with Gasteiger partial charge in [0.2, 0.25) is 0 Å². The number of hydrogen-bond acceptors (Lipinski definition) is 4. The Bertz CT molecular complexity index is 1360.